The van der Waals surface area contributed by atoms with Gasteiger partial charge in [-0.25, -0.2) is 4.79 Å². The number of rotatable bonds is 2. The highest BCUT2D eigenvalue weighted by Crippen LogP contribution is 2.15. The number of carbonyl (C=O) groups is 2. The van der Waals surface area contributed by atoms with Gasteiger partial charge in [0, 0.05) is 44.1 Å². The number of pyridine rings is 1. The summed E-state index contributed by atoms with van der Waals surface area (Å²) in [6.07, 6.45) is 2.47. The lowest BCUT2D eigenvalue weighted by atomic mass is 10.2. The summed E-state index contributed by atoms with van der Waals surface area (Å²) in [4.78, 5) is 32.8. The molecular weight excluding hydrogens is 320 g/mol. The number of carbonyl (C=O) groups excluding carboxylic acids is 2. The molecule has 3 atom stereocenters. The van der Waals surface area contributed by atoms with Crippen molar-refractivity contribution in [2.75, 3.05) is 26.2 Å². The van der Waals surface area contributed by atoms with Crippen LogP contribution in [0.15, 0.2) is 18.3 Å². The highest BCUT2D eigenvalue weighted by atomic mass is 16.5. The van der Waals surface area contributed by atoms with Crippen LogP contribution in [0.4, 0.5) is 4.79 Å². The molecule has 7 heteroatoms. The summed E-state index contributed by atoms with van der Waals surface area (Å²) < 4.78 is 5.66. The molecule has 0 aliphatic carbocycles. The highest BCUT2D eigenvalue weighted by molar-refractivity contribution is 5.94. The summed E-state index contributed by atoms with van der Waals surface area (Å²) in [6, 6.07) is 3.55. The summed E-state index contributed by atoms with van der Waals surface area (Å²) in [5.41, 5.74) is 1.48. The van der Waals surface area contributed by atoms with Crippen LogP contribution >= 0.6 is 0 Å². The van der Waals surface area contributed by atoms with Crippen molar-refractivity contribution in [2.24, 2.45) is 0 Å². The van der Waals surface area contributed by atoms with Crippen LogP contribution in [-0.2, 0) is 4.74 Å². The molecule has 2 unspecified atom stereocenters. The number of urea groups is 1. The Morgan fingerprint density at radius 1 is 1.16 bits per heavy atom. The molecular formula is C18H26N4O3. The first kappa shape index (κ1) is 17.7. The molecule has 3 amide bonds. The topological polar surface area (TPSA) is 74.8 Å². The Bertz CT molecular complexity index is 624. The highest BCUT2D eigenvalue weighted by Gasteiger charge is 2.31. The molecule has 0 radical (unpaired) electrons. The lowest BCUT2D eigenvalue weighted by Gasteiger charge is -2.35. The van der Waals surface area contributed by atoms with E-state index in [-0.39, 0.29) is 30.2 Å². The fourth-order valence-electron chi connectivity index (χ4n) is 3.45. The molecule has 1 aromatic heterocycles. The first-order valence-electron chi connectivity index (χ1n) is 8.85. The Balaban J connectivity index is 1.53. The van der Waals surface area contributed by atoms with Gasteiger partial charge in [0.1, 0.15) is 0 Å². The summed E-state index contributed by atoms with van der Waals surface area (Å²) in [7, 11) is 0. The molecule has 2 fully saturated rings. The lowest BCUT2D eigenvalue weighted by molar-refractivity contribution is -0.0547. The van der Waals surface area contributed by atoms with Crippen molar-refractivity contribution in [2.45, 2.75) is 45.4 Å². The predicted molar refractivity (Wildman–Crippen MR) is 93.4 cm³/mol. The van der Waals surface area contributed by atoms with Crippen molar-refractivity contribution < 1.29 is 14.3 Å². The number of hydrogen-bond donors (Lipinski definition) is 1. The minimum Gasteiger partial charge on any atom is -0.372 e. The second-order valence-corrected chi connectivity index (χ2v) is 7.04. The van der Waals surface area contributed by atoms with Crippen LogP contribution in [0, 0.1) is 6.92 Å². The quantitative estimate of drug-likeness (QED) is 0.879. The number of aryl methyl sites for hydroxylation is 1. The maximum atomic E-state index is 12.5. The van der Waals surface area contributed by atoms with Gasteiger partial charge in [-0.3, -0.25) is 9.78 Å². The van der Waals surface area contributed by atoms with Crippen molar-refractivity contribution >= 4 is 11.9 Å². The van der Waals surface area contributed by atoms with Crippen LogP contribution in [0.2, 0.25) is 0 Å². The molecule has 2 aliphatic heterocycles. The van der Waals surface area contributed by atoms with Crippen molar-refractivity contribution in [1.82, 2.24) is 20.1 Å². The van der Waals surface area contributed by atoms with E-state index in [1.807, 2.05) is 26.8 Å². The number of hydrogen-bond acceptors (Lipinski definition) is 4. The van der Waals surface area contributed by atoms with Gasteiger partial charge in [0.25, 0.3) is 5.91 Å². The van der Waals surface area contributed by atoms with E-state index in [1.54, 1.807) is 22.1 Å². The molecule has 0 saturated carbocycles. The van der Waals surface area contributed by atoms with E-state index in [9.17, 15) is 9.59 Å². The first-order valence-corrected chi connectivity index (χ1v) is 8.85. The summed E-state index contributed by atoms with van der Waals surface area (Å²) in [5.74, 6) is -0.0298. The van der Waals surface area contributed by atoms with Crippen molar-refractivity contribution in [3.8, 4) is 0 Å². The minimum atomic E-state index is -0.0710. The van der Waals surface area contributed by atoms with Crippen molar-refractivity contribution in [3.05, 3.63) is 29.6 Å². The molecule has 0 aromatic carbocycles. The van der Waals surface area contributed by atoms with E-state index < -0.39 is 0 Å². The van der Waals surface area contributed by atoms with Crippen LogP contribution < -0.4 is 5.32 Å². The molecule has 136 valence electrons. The van der Waals surface area contributed by atoms with Gasteiger partial charge in [-0.2, -0.15) is 0 Å². The van der Waals surface area contributed by atoms with E-state index in [0.717, 1.165) is 12.1 Å². The molecule has 2 aliphatic rings. The van der Waals surface area contributed by atoms with Gasteiger partial charge in [-0.1, -0.05) is 0 Å². The van der Waals surface area contributed by atoms with Crippen LogP contribution in [0.3, 0.4) is 0 Å². The van der Waals surface area contributed by atoms with Gasteiger partial charge in [0.2, 0.25) is 0 Å². The molecule has 1 N–H and O–H groups in total. The van der Waals surface area contributed by atoms with Crippen LogP contribution in [0.25, 0.3) is 0 Å². The maximum Gasteiger partial charge on any atom is 0.317 e. The Hall–Kier alpha value is -2.15. The van der Waals surface area contributed by atoms with E-state index in [1.165, 1.54) is 0 Å². The molecule has 7 nitrogen and oxygen atoms in total. The summed E-state index contributed by atoms with van der Waals surface area (Å²) in [5, 5.41) is 3.06. The number of amides is 3. The third-order valence-corrected chi connectivity index (χ3v) is 4.67. The van der Waals surface area contributed by atoms with Crippen LogP contribution in [-0.4, -0.2) is 71.2 Å². The SMILES string of the molecule is Cc1ccc(C(=O)N2CC[C@@H](NC(=O)N3CC(C)OC(C)C3)C2)cn1. The van der Waals surface area contributed by atoms with Gasteiger partial charge < -0.3 is 19.9 Å². The molecule has 25 heavy (non-hydrogen) atoms. The summed E-state index contributed by atoms with van der Waals surface area (Å²) >= 11 is 0. The second-order valence-electron chi connectivity index (χ2n) is 7.04. The average molecular weight is 346 g/mol. The van der Waals surface area contributed by atoms with E-state index in [2.05, 4.69) is 10.3 Å². The average Bonchev–Trinajstić information content (AvgIpc) is 3.02. The summed E-state index contributed by atoms with van der Waals surface area (Å²) in [6.45, 7) is 8.22. The van der Waals surface area contributed by atoms with Crippen molar-refractivity contribution in [3.63, 3.8) is 0 Å². The predicted octanol–water partition coefficient (Wildman–Crippen LogP) is 1.42. The molecule has 1 aromatic rings. The Kier molecular flexibility index (Phi) is 5.22. The zero-order valence-electron chi connectivity index (χ0n) is 15.1. The van der Waals surface area contributed by atoms with Gasteiger partial charge in [0.15, 0.2) is 0 Å². The number of nitrogens with zero attached hydrogens (tertiary/aromatic N) is 3. The number of aromatic nitrogens is 1. The van der Waals surface area contributed by atoms with E-state index in [0.29, 0.717) is 31.7 Å². The second kappa shape index (κ2) is 7.39. The van der Waals surface area contributed by atoms with Gasteiger partial charge in [0.05, 0.1) is 17.8 Å². The zero-order chi connectivity index (χ0) is 18.0. The fraction of sp³-hybridized carbons (Fsp3) is 0.611. The third kappa shape index (κ3) is 4.28. The third-order valence-electron chi connectivity index (χ3n) is 4.67. The maximum absolute atomic E-state index is 12.5. The minimum absolute atomic E-state index is 0.0108. The largest absolute Gasteiger partial charge is 0.372 e. The Morgan fingerprint density at radius 3 is 2.52 bits per heavy atom. The molecule has 0 spiro atoms. The smallest absolute Gasteiger partial charge is 0.317 e. The molecule has 3 rings (SSSR count). The Morgan fingerprint density at radius 2 is 1.88 bits per heavy atom. The number of nitrogens with one attached hydrogen (secondary N) is 1. The fourth-order valence-corrected chi connectivity index (χ4v) is 3.45. The van der Waals surface area contributed by atoms with Gasteiger partial charge in [-0.05, 0) is 39.3 Å². The normalized spacial score (nSPS) is 26.6. The van der Waals surface area contributed by atoms with Gasteiger partial charge in [-0.15, -0.1) is 0 Å². The van der Waals surface area contributed by atoms with Crippen LogP contribution in [0.5, 0.6) is 0 Å². The first-order chi connectivity index (χ1) is 11.9. The van der Waals surface area contributed by atoms with Crippen molar-refractivity contribution in [1.29, 1.82) is 0 Å². The molecule has 0 bridgehead atoms. The monoisotopic (exact) mass is 346 g/mol. The number of morpholine rings is 1. The van der Waals surface area contributed by atoms with E-state index in [4.69, 9.17) is 4.74 Å². The number of ether oxygens (including phenoxy) is 1. The zero-order valence-corrected chi connectivity index (χ0v) is 15.1. The van der Waals surface area contributed by atoms with Crippen LogP contribution in [0.1, 0.15) is 36.3 Å². The molecule has 3 heterocycles. The number of likely N-dealkylation sites (tertiary alicyclic amines) is 1. The molecule has 2 saturated heterocycles. The van der Waals surface area contributed by atoms with Gasteiger partial charge >= 0.3 is 6.03 Å². The van der Waals surface area contributed by atoms with E-state index >= 15 is 0 Å². The standard InChI is InChI=1S/C18H26N4O3/c1-12-4-5-15(8-19-12)17(23)21-7-6-16(11-21)20-18(24)22-9-13(2)25-14(3)10-22/h4-5,8,13-14,16H,6-7,9-11H2,1-3H3,(H,20,24)/t13?,14?,16-/m1/s1. The lowest BCUT2D eigenvalue weighted by Crippen LogP contribution is -2.53. The Labute approximate surface area is 148 Å².